The zero-order chi connectivity index (χ0) is 15.5. The third-order valence-electron chi connectivity index (χ3n) is 3.27. The highest BCUT2D eigenvalue weighted by atomic mass is 79.9. The average molecular weight is 361 g/mol. The zero-order valence-corrected chi connectivity index (χ0v) is 12.6. The van der Waals surface area contributed by atoms with Gasteiger partial charge in [-0.3, -0.25) is 0 Å². The van der Waals surface area contributed by atoms with Crippen LogP contribution in [0.2, 0.25) is 0 Å². The van der Waals surface area contributed by atoms with Crippen molar-refractivity contribution in [1.29, 1.82) is 0 Å². The summed E-state index contributed by atoms with van der Waals surface area (Å²) in [6.07, 6.45) is -3.78. The number of hydrogen-bond acceptors (Lipinski definition) is 0. The highest BCUT2D eigenvalue weighted by molar-refractivity contribution is 9.09. The monoisotopic (exact) mass is 360 g/mol. The van der Waals surface area contributed by atoms with Crippen molar-refractivity contribution < 1.29 is 17.6 Å². The summed E-state index contributed by atoms with van der Waals surface area (Å²) in [7, 11) is 0. The summed E-state index contributed by atoms with van der Waals surface area (Å²) in [5, 5.41) is 0.609. The van der Waals surface area contributed by atoms with Gasteiger partial charge in [0.15, 0.2) is 0 Å². The van der Waals surface area contributed by atoms with Crippen LogP contribution in [0.3, 0.4) is 0 Å². The van der Waals surface area contributed by atoms with Crippen LogP contribution < -0.4 is 0 Å². The van der Waals surface area contributed by atoms with Crippen molar-refractivity contribution in [1.82, 2.24) is 0 Å². The van der Waals surface area contributed by atoms with E-state index in [9.17, 15) is 17.6 Å². The SMILES string of the molecule is Fc1cccc(C(CBr)Cc2ccc(C(F)(F)F)cc2)c1. The predicted octanol–water partition coefficient (Wildman–Crippen LogP) is 5.57. The van der Waals surface area contributed by atoms with E-state index >= 15 is 0 Å². The van der Waals surface area contributed by atoms with E-state index in [0.717, 1.165) is 23.3 Å². The fourth-order valence-corrected chi connectivity index (χ4v) is 2.74. The van der Waals surface area contributed by atoms with Gasteiger partial charge in [-0.05, 0) is 47.7 Å². The Morgan fingerprint density at radius 1 is 1.00 bits per heavy atom. The summed E-state index contributed by atoms with van der Waals surface area (Å²) in [6, 6.07) is 11.4. The van der Waals surface area contributed by atoms with Gasteiger partial charge < -0.3 is 0 Å². The summed E-state index contributed by atoms with van der Waals surface area (Å²) >= 11 is 3.38. The molecule has 0 aliphatic rings. The van der Waals surface area contributed by atoms with Gasteiger partial charge in [0.05, 0.1) is 5.56 Å². The minimum Gasteiger partial charge on any atom is -0.207 e. The molecule has 0 aliphatic carbocycles. The maximum atomic E-state index is 13.2. The molecule has 1 unspecified atom stereocenters. The first-order valence-corrected chi connectivity index (χ1v) is 7.50. The van der Waals surface area contributed by atoms with E-state index in [4.69, 9.17) is 0 Å². The molecule has 0 nitrogen and oxygen atoms in total. The lowest BCUT2D eigenvalue weighted by Gasteiger charge is -2.15. The standard InChI is InChI=1S/C16H13BrF4/c17-10-13(12-2-1-3-15(18)9-12)8-11-4-6-14(7-5-11)16(19,20)21/h1-7,9,13H,8,10H2. The average Bonchev–Trinajstić information content (AvgIpc) is 2.44. The van der Waals surface area contributed by atoms with Gasteiger partial charge in [-0.2, -0.15) is 13.2 Å². The minimum absolute atomic E-state index is 0.0115. The van der Waals surface area contributed by atoms with E-state index in [0.29, 0.717) is 11.8 Å². The van der Waals surface area contributed by atoms with E-state index in [1.807, 2.05) is 6.07 Å². The minimum atomic E-state index is -4.32. The molecule has 21 heavy (non-hydrogen) atoms. The first kappa shape index (κ1) is 16.0. The Morgan fingerprint density at radius 2 is 1.67 bits per heavy atom. The van der Waals surface area contributed by atoms with Gasteiger partial charge in [0, 0.05) is 5.33 Å². The van der Waals surface area contributed by atoms with Crippen molar-refractivity contribution in [2.24, 2.45) is 0 Å². The second-order valence-electron chi connectivity index (χ2n) is 4.81. The zero-order valence-electron chi connectivity index (χ0n) is 11.0. The Kier molecular flexibility index (Phi) is 5.04. The number of halogens is 5. The number of rotatable bonds is 4. The topological polar surface area (TPSA) is 0 Å². The van der Waals surface area contributed by atoms with E-state index in [-0.39, 0.29) is 11.7 Å². The normalized spacial score (nSPS) is 13.2. The molecule has 112 valence electrons. The van der Waals surface area contributed by atoms with Crippen molar-refractivity contribution >= 4 is 15.9 Å². The highest BCUT2D eigenvalue weighted by Gasteiger charge is 2.30. The lowest BCUT2D eigenvalue weighted by atomic mass is 9.93. The van der Waals surface area contributed by atoms with Crippen LogP contribution in [0.15, 0.2) is 48.5 Å². The maximum Gasteiger partial charge on any atom is 0.416 e. The molecule has 0 spiro atoms. The second-order valence-corrected chi connectivity index (χ2v) is 5.45. The van der Waals surface area contributed by atoms with Crippen LogP contribution in [0.4, 0.5) is 17.6 Å². The summed E-state index contributed by atoms with van der Waals surface area (Å²) in [5.41, 5.74) is 0.955. The van der Waals surface area contributed by atoms with Gasteiger partial charge >= 0.3 is 6.18 Å². The number of hydrogen-bond donors (Lipinski definition) is 0. The molecule has 0 fully saturated rings. The van der Waals surface area contributed by atoms with Crippen molar-refractivity contribution in [3.8, 4) is 0 Å². The molecule has 5 heteroatoms. The molecule has 0 heterocycles. The molecule has 1 atom stereocenters. The smallest absolute Gasteiger partial charge is 0.207 e. The molecule has 0 aromatic heterocycles. The first-order chi connectivity index (χ1) is 9.90. The van der Waals surface area contributed by atoms with Crippen molar-refractivity contribution in [2.45, 2.75) is 18.5 Å². The Hall–Kier alpha value is -1.36. The fraction of sp³-hybridized carbons (Fsp3) is 0.250. The maximum absolute atomic E-state index is 13.2. The molecule has 2 aromatic carbocycles. The van der Waals surface area contributed by atoms with Crippen molar-refractivity contribution in [2.75, 3.05) is 5.33 Å². The van der Waals surface area contributed by atoms with E-state index < -0.39 is 11.7 Å². The number of benzene rings is 2. The summed E-state index contributed by atoms with van der Waals surface area (Å²) in [6.45, 7) is 0. The summed E-state index contributed by atoms with van der Waals surface area (Å²) in [4.78, 5) is 0. The molecule has 0 saturated carbocycles. The van der Waals surface area contributed by atoms with Gasteiger partial charge in [0.2, 0.25) is 0 Å². The van der Waals surface area contributed by atoms with Crippen LogP contribution in [0.25, 0.3) is 0 Å². The van der Waals surface area contributed by atoms with E-state index in [1.54, 1.807) is 6.07 Å². The van der Waals surface area contributed by atoms with Crippen molar-refractivity contribution in [3.05, 3.63) is 71.0 Å². The van der Waals surface area contributed by atoms with Gasteiger partial charge in [-0.25, -0.2) is 4.39 Å². The Balaban J connectivity index is 2.15. The number of alkyl halides is 4. The Bertz CT molecular complexity index is 590. The fourth-order valence-electron chi connectivity index (χ4n) is 2.14. The molecule has 0 radical (unpaired) electrons. The molecule has 0 aliphatic heterocycles. The van der Waals surface area contributed by atoms with Gasteiger partial charge in [-0.15, -0.1) is 0 Å². The first-order valence-electron chi connectivity index (χ1n) is 6.37. The van der Waals surface area contributed by atoms with Crippen LogP contribution >= 0.6 is 15.9 Å². The van der Waals surface area contributed by atoms with Gasteiger partial charge in [0.1, 0.15) is 5.82 Å². The largest absolute Gasteiger partial charge is 0.416 e. The highest BCUT2D eigenvalue weighted by Crippen LogP contribution is 2.30. The molecule has 2 rings (SSSR count). The van der Waals surface area contributed by atoms with Crippen LogP contribution in [-0.2, 0) is 12.6 Å². The summed E-state index contributed by atoms with van der Waals surface area (Å²) < 4.78 is 50.8. The van der Waals surface area contributed by atoms with E-state index in [1.165, 1.54) is 24.3 Å². The molecule has 0 amide bonds. The Morgan fingerprint density at radius 3 is 2.19 bits per heavy atom. The third kappa shape index (κ3) is 4.30. The second kappa shape index (κ2) is 6.60. The molecule has 0 N–H and O–H groups in total. The van der Waals surface area contributed by atoms with Crippen LogP contribution in [0.5, 0.6) is 0 Å². The van der Waals surface area contributed by atoms with Crippen LogP contribution in [0, 0.1) is 5.82 Å². The lowest BCUT2D eigenvalue weighted by Crippen LogP contribution is -2.07. The van der Waals surface area contributed by atoms with Gasteiger partial charge in [-0.1, -0.05) is 40.2 Å². The van der Waals surface area contributed by atoms with Crippen LogP contribution in [0.1, 0.15) is 22.6 Å². The van der Waals surface area contributed by atoms with Crippen molar-refractivity contribution in [3.63, 3.8) is 0 Å². The Labute approximate surface area is 128 Å². The molecular weight excluding hydrogens is 348 g/mol. The molecule has 2 aromatic rings. The van der Waals surface area contributed by atoms with Crippen LogP contribution in [-0.4, -0.2) is 5.33 Å². The molecule has 0 bridgehead atoms. The van der Waals surface area contributed by atoms with Gasteiger partial charge in [0.25, 0.3) is 0 Å². The quantitative estimate of drug-likeness (QED) is 0.494. The lowest BCUT2D eigenvalue weighted by molar-refractivity contribution is -0.137. The summed E-state index contributed by atoms with van der Waals surface area (Å²) in [5.74, 6) is -0.302. The third-order valence-corrected chi connectivity index (χ3v) is 4.05. The van der Waals surface area contributed by atoms with E-state index in [2.05, 4.69) is 15.9 Å². The predicted molar refractivity (Wildman–Crippen MR) is 78.1 cm³/mol. The molecular formula is C16H13BrF4. The molecule has 0 saturated heterocycles.